The number of ether oxygens (including phenoxy) is 2. The average molecular weight is 280 g/mol. The largest absolute Gasteiger partial charge is 0.487 e. The molecule has 14 heavy (non-hydrogen) atoms. The molecule has 2 nitrogen and oxygen atoms in total. The van der Waals surface area contributed by atoms with Crippen molar-refractivity contribution in [3.05, 3.63) is 27.7 Å². The molecule has 1 rings (SSSR count). The molecule has 0 aromatic heterocycles. The maximum atomic E-state index is 5.95. The zero-order valence-corrected chi connectivity index (χ0v) is 10.4. The summed E-state index contributed by atoms with van der Waals surface area (Å²) in [6.45, 7) is 2.48. The van der Waals surface area contributed by atoms with Crippen LogP contribution in [-0.4, -0.2) is 19.8 Å². The van der Waals surface area contributed by atoms with E-state index in [0.29, 0.717) is 17.4 Å². The van der Waals surface area contributed by atoms with Crippen LogP contribution >= 0.6 is 27.5 Å². The van der Waals surface area contributed by atoms with Gasteiger partial charge in [0.25, 0.3) is 0 Å². The molecule has 1 aromatic carbocycles. The summed E-state index contributed by atoms with van der Waals surface area (Å²) >= 11 is 9.31. The van der Waals surface area contributed by atoms with Gasteiger partial charge in [0.1, 0.15) is 11.9 Å². The fourth-order valence-electron chi connectivity index (χ4n) is 1.05. The van der Waals surface area contributed by atoms with Gasteiger partial charge in [-0.1, -0.05) is 27.5 Å². The van der Waals surface area contributed by atoms with E-state index in [2.05, 4.69) is 15.9 Å². The van der Waals surface area contributed by atoms with Crippen LogP contribution in [0.4, 0.5) is 0 Å². The minimum absolute atomic E-state index is 0.00759. The molecule has 1 aromatic rings. The molecule has 0 aliphatic rings. The molecule has 0 amide bonds. The first-order valence-corrected chi connectivity index (χ1v) is 5.41. The number of hydrogen-bond donors (Lipinski definition) is 0. The van der Waals surface area contributed by atoms with Crippen LogP contribution in [0.25, 0.3) is 0 Å². The Morgan fingerprint density at radius 1 is 1.50 bits per heavy atom. The second kappa shape index (κ2) is 5.59. The maximum absolute atomic E-state index is 5.95. The van der Waals surface area contributed by atoms with E-state index < -0.39 is 0 Å². The van der Waals surface area contributed by atoms with E-state index in [1.165, 1.54) is 0 Å². The third kappa shape index (κ3) is 3.48. The second-order valence-corrected chi connectivity index (χ2v) is 4.28. The summed E-state index contributed by atoms with van der Waals surface area (Å²) in [4.78, 5) is 0. The van der Waals surface area contributed by atoms with Gasteiger partial charge in [0.2, 0.25) is 0 Å². The van der Waals surface area contributed by atoms with Crippen LogP contribution in [-0.2, 0) is 4.74 Å². The number of rotatable bonds is 4. The summed E-state index contributed by atoms with van der Waals surface area (Å²) in [5, 5.41) is 0.608. The molecule has 0 N–H and O–H groups in total. The van der Waals surface area contributed by atoms with E-state index in [-0.39, 0.29) is 6.10 Å². The lowest BCUT2D eigenvalue weighted by Gasteiger charge is -2.14. The first-order valence-electron chi connectivity index (χ1n) is 4.24. The highest BCUT2D eigenvalue weighted by atomic mass is 79.9. The molecule has 0 saturated carbocycles. The van der Waals surface area contributed by atoms with Crippen molar-refractivity contribution < 1.29 is 9.47 Å². The van der Waals surface area contributed by atoms with Gasteiger partial charge in [-0.05, 0) is 25.1 Å². The Bertz CT molecular complexity index is 304. The highest BCUT2D eigenvalue weighted by Gasteiger charge is 2.07. The summed E-state index contributed by atoms with van der Waals surface area (Å²) in [6.07, 6.45) is -0.00759. The SMILES string of the molecule is COCC(C)Oc1cc(Br)ccc1Cl. The standard InChI is InChI=1S/C10H12BrClO2/c1-7(6-13-2)14-10-5-8(11)3-4-9(10)12/h3-5,7H,6H2,1-2H3. The summed E-state index contributed by atoms with van der Waals surface area (Å²) in [6, 6.07) is 5.51. The molecule has 4 heteroatoms. The Balaban J connectivity index is 2.70. The predicted octanol–water partition coefficient (Wildman–Crippen LogP) is 3.52. The summed E-state index contributed by atoms with van der Waals surface area (Å²) in [5.74, 6) is 0.672. The van der Waals surface area contributed by atoms with E-state index in [4.69, 9.17) is 21.1 Å². The second-order valence-electron chi connectivity index (χ2n) is 2.96. The molecule has 0 spiro atoms. The fourth-order valence-corrected chi connectivity index (χ4v) is 1.56. The lowest BCUT2D eigenvalue weighted by Crippen LogP contribution is -2.18. The van der Waals surface area contributed by atoms with E-state index in [0.717, 1.165) is 4.47 Å². The Morgan fingerprint density at radius 2 is 2.21 bits per heavy atom. The van der Waals surface area contributed by atoms with Crippen molar-refractivity contribution >= 4 is 27.5 Å². The van der Waals surface area contributed by atoms with Crippen LogP contribution in [0.2, 0.25) is 5.02 Å². The third-order valence-corrected chi connectivity index (χ3v) is 2.43. The molecule has 0 radical (unpaired) electrons. The van der Waals surface area contributed by atoms with Crippen molar-refractivity contribution in [2.75, 3.05) is 13.7 Å². The van der Waals surface area contributed by atoms with E-state index in [1.807, 2.05) is 19.1 Å². The van der Waals surface area contributed by atoms with Crippen molar-refractivity contribution in [3.8, 4) is 5.75 Å². The minimum Gasteiger partial charge on any atom is -0.487 e. The highest BCUT2D eigenvalue weighted by Crippen LogP contribution is 2.28. The van der Waals surface area contributed by atoms with Gasteiger partial charge in [-0.2, -0.15) is 0 Å². The first kappa shape index (κ1) is 11.8. The van der Waals surface area contributed by atoms with Gasteiger partial charge in [-0.25, -0.2) is 0 Å². The van der Waals surface area contributed by atoms with Gasteiger partial charge < -0.3 is 9.47 Å². The first-order chi connectivity index (χ1) is 6.63. The molecular weight excluding hydrogens is 267 g/mol. The van der Waals surface area contributed by atoms with Crippen molar-refractivity contribution in [3.63, 3.8) is 0 Å². The summed E-state index contributed by atoms with van der Waals surface area (Å²) in [5.41, 5.74) is 0. The lowest BCUT2D eigenvalue weighted by atomic mass is 10.3. The Hall–Kier alpha value is -0.250. The molecule has 0 fully saturated rings. The minimum atomic E-state index is -0.00759. The van der Waals surface area contributed by atoms with Crippen LogP contribution in [0.5, 0.6) is 5.75 Å². The number of benzene rings is 1. The maximum Gasteiger partial charge on any atom is 0.139 e. The van der Waals surface area contributed by atoms with Crippen molar-refractivity contribution in [2.24, 2.45) is 0 Å². The zero-order chi connectivity index (χ0) is 10.6. The monoisotopic (exact) mass is 278 g/mol. The molecule has 1 atom stereocenters. The van der Waals surface area contributed by atoms with Crippen LogP contribution < -0.4 is 4.74 Å². The van der Waals surface area contributed by atoms with Gasteiger partial charge in [0.15, 0.2) is 0 Å². The van der Waals surface area contributed by atoms with Gasteiger partial charge >= 0.3 is 0 Å². The normalized spacial score (nSPS) is 12.6. The molecular formula is C10H12BrClO2. The van der Waals surface area contributed by atoms with E-state index in [1.54, 1.807) is 13.2 Å². The molecule has 0 heterocycles. The predicted molar refractivity (Wildman–Crippen MR) is 61.1 cm³/mol. The Labute approximate surface area is 97.3 Å². The third-order valence-electron chi connectivity index (χ3n) is 1.62. The smallest absolute Gasteiger partial charge is 0.139 e. The topological polar surface area (TPSA) is 18.5 Å². The van der Waals surface area contributed by atoms with E-state index >= 15 is 0 Å². The van der Waals surface area contributed by atoms with Gasteiger partial charge in [0, 0.05) is 11.6 Å². The number of hydrogen-bond acceptors (Lipinski definition) is 2. The molecule has 0 aliphatic carbocycles. The van der Waals surface area contributed by atoms with Gasteiger partial charge in [-0.3, -0.25) is 0 Å². The van der Waals surface area contributed by atoms with Gasteiger partial charge in [0.05, 0.1) is 11.6 Å². The molecule has 1 unspecified atom stereocenters. The van der Waals surface area contributed by atoms with Crippen LogP contribution in [0.3, 0.4) is 0 Å². The summed E-state index contributed by atoms with van der Waals surface area (Å²) < 4.78 is 11.5. The van der Waals surface area contributed by atoms with Crippen molar-refractivity contribution in [1.82, 2.24) is 0 Å². The van der Waals surface area contributed by atoms with Crippen LogP contribution in [0, 0.1) is 0 Å². The number of halogens is 2. The van der Waals surface area contributed by atoms with E-state index in [9.17, 15) is 0 Å². The van der Waals surface area contributed by atoms with Gasteiger partial charge in [-0.15, -0.1) is 0 Å². The molecule has 0 aliphatic heterocycles. The zero-order valence-electron chi connectivity index (χ0n) is 8.09. The number of methoxy groups -OCH3 is 1. The molecule has 0 saturated heterocycles. The highest BCUT2D eigenvalue weighted by molar-refractivity contribution is 9.10. The molecule has 0 bridgehead atoms. The quantitative estimate of drug-likeness (QED) is 0.839. The van der Waals surface area contributed by atoms with Crippen molar-refractivity contribution in [2.45, 2.75) is 13.0 Å². The lowest BCUT2D eigenvalue weighted by molar-refractivity contribution is 0.0921. The van der Waals surface area contributed by atoms with Crippen LogP contribution in [0.15, 0.2) is 22.7 Å². The fraction of sp³-hybridized carbons (Fsp3) is 0.400. The van der Waals surface area contributed by atoms with Crippen LogP contribution in [0.1, 0.15) is 6.92 Å². The Kier molecular flexibility index (Phi) is 4.72. The van der Waals surface area contributed by atoms with Crippen molar-refractivity contribution in [1.29, 1.82) is 0 Å². The Morgan fingerprint density at radius 3 is 2.86 bits per heavy atom. The molecule has 78 valence electrons. The average Bonchev–Trinajstić information content (AvgIpc) is 2.12. The summed E-state index contributed by atoms with van der Waals surface area (Å²) in [7, 11) is 1.64.